The zero-order chi connectivity index (χ0) is 12.4. The van der Waals surface area contributed by atoms with Crippen LogP contribution in [0.2, 0.25) is 0 Å². The fourth-order valence-corrected chi connectivity index (χ4v) is 3.31. The summed E-state index contributed by atoms with van der Waals surface area (Å²) >= 11 is 0. The van der Waals surface area contributed by atoms with E-state index >= 15 is 0 Å². The Morgan fingerprint density at radius 2 is 1.88 bits per heavy atom. The Labute approximate surface area is 95.5 Å². The highest BCUT2D eigenvalue weighted by atomic mass is 32.2. The van der Waals surface area contributed by atoms with Crippen molar-refractivity contribution in [3.63, 3.8) is 0 Å². The molecule has 1 heterocycles. The minimum atomic E-state index is -2.96. The van der Waals surface area contributed by atoms with Crippen LogP contribution in [0.5, 0.6) is 0 Å². The van der Waals surface area contributed by atoms with Crippen LogP contribution in [0, 0.1) is 0 Å². The molecule has 1 atom stereocenters. The molecule has 0 aromatic carbocycles. The fraction of sp³-hybridized carbons (Fsp3) is 1.00. The molecule has 1 aliphatic rings. The van der Waals surface area contributed by atoms with Gasteiger partial charge in [-0.05, 0) is 33.1 Å². The van der Waals surface area contributed by atoms with Gasteiger partial charge in [-0.3, -0.25) is 0 Å². The van der Waals surface area contributed by atoms with E-state index in [1.54, 1.807) is 0 Å². The molecule has 0 aromatic heterocycles. The molecule has 1 unspecified atom stereocenters. The first-order chi connectivity index (χ1) is 7.23. The lowest BCUT2D eigenvalue weighted by atomic mass is 10.0. The van der Waals surface area contributed by atoms with Crippen LogP contribution in [-0.2, 0) is 9.84 Å². The van der Waals surface area contributed by atoms with E-state index in [1.807, 2.05) is 0 Å². The van der Waals surface area contributed by atoms with Gasteiger partial charge in [-0.1, -0.05) is 0 Å². The third-order valence-corrected chi connectivity index (χ3v) is 4.68. The molecular weight excluding hydrogens is 236 g/mol. The number of hydrogen-bond donors (Lipinski definition) is 1. The minimum absolute atomic E-state index is 0.101. The van der Waals surface area contributed by atoms with E-state index in [1.165, 1.54) is 13.8 Å². The molecule has 96 valence electrons. The average molecular weight is 255 g/mol. The standard InChI is InChI=1S/C10H19F2NO2S/c1-10(2,9(11)12)13-8-4-3-6-16(14,15)7-5-8/h8-9,13H,3-7H2,1-2H3. The molecule has 6 heteroatoms. The van der Waals surface area contributed by atoms with Crippen molar-refractivity contribution in [2.24, 2.45) is 0 Å². The van der Waals surface area contributed by atoms with E-state index in [4.69, 9.17) is 0 Å². The number of sulfone groups is 1. The summed E-state index contributed by atoms with van der Waals surface area (Å²) in [4.78, 5) is 0. The van der Waals surface area contributed by atoms with Gasteiger partial charge in [0.25, 0.3) is 6.43 Å². The van der Waals surface area contributed by atoms with Gasteiger partial charge in [0.05, 0.1) is 17.0 Å². The van der Waals surface area contributed by atoms with Crippen LogP contribution in [0.1, 0.15) is 33.1 Å². The lowest BCUT2D eigenvalue weighted by Crippen LogP contribution is -2.51. The summed E-state index contributed by atoms with van der Waals surface area (Å²) in [7, 11) is -2.96. The van der Waals surface area contributed by atoms with E-state index in [9.17, 15) is 17.2 Å². The SMILES string of the molecule is CC(C)(NC1CCCS(=O)(=O)CC1)C(F)F. The number of halogens is 2. The fourth-order valence-electron chi connectivity index (χ4n) is 1.85. The van der Waals surface area contributed by atoms with Gasteiger partial charge in [0.2, 0.25) is 0 Å². The van der Waals surface area contributed by atoms with Crippen molar-refractivity contribution in [1.29, 1.82) is 0 Å². The summed E-state index contributed by atoms with van der Waals surface area (Å²) in [5.74, 6) is 0.282. The quantitative estimate of drug-likeness (QED) is 0.833. The van der Waals surface area contributed by atoms with Gasteiger partial charge in [-0.15, -0.1) is 0 Å². The Hall–Kier alpha value is -0.230. The maximum atomic E-state index is 12.6. The largest absolute Gasteiger partial charge is 0.304 e. The molecule has 0 aromatic rings. The van der Waals surface area contributed by atoms with Gasteiger partial charge in [0, 0.05) is 6.04 Å². The highest BCUT2D eigenvalue weighted by Crippen LogP contribution is 2.20. The van der Waals surface area contributed by atoms with Crippen LogP contribution in [0.3, 0.4) is 0 Å². The van der Waals surface area contributed by atoms with Crippen LogP contribution in [-0.4, -0.2) is 37.9 Å². The molecular formula is C10H19F2NO2S. The van der Waals surface area contributed by atoms with Crippen LogP contribution in [0.25, 0.3) is 0 Å². The van der Waals surface area contributed by atoms with Crippen LogP contribution in [0.15, 0.2) is 0 Å². The Balaban J connectivity index is 2.57. The van der Waals surface area contributed by atoms with Gasteiger partial charge >= 0.3 is 0 Å². The summed E-state index contributed by atoms with van der Waals surface area (Å²) in [5.41, 5.74) is -1.25. The third kappa shape index (κ3) is 3.97. The summed E-state index contributed by atoms with van der Waals surface area (Å²) < 4.78 is 48.0. The van der Waals surface area contributed by atoms with E-state index in [-0.39, 0.29) is 17.5 Å². The molecule has 3 nitrogen and oxygen atoms in total. The van der Waals surface area contributed by atoms with Crippen LogP contribution < -0.4 is 5.32 Å². The van der Waals surface area contributed by atoms with E-state index in [0.717, 1.165) is 0 Å². The maximum absolute atomic E-state index is 12.6. The first-order valence-corrected chi connectivity index (χ1v) is 7.31. The number of nitrogens with one attached hydrogen (secondary N) is 1. The predicted octanol–water partition coefficient (Wildman–Crippen LogP) is 1.59. The van der Waals surface area contributed by atoms with Crippen molar-refractivity contribution < 1.29 is 17.2 Å². The molecule has 0 radical (unpaired) electrons. The van der Waals surface area contributed by atoms with Gasteiger partial charge in [0.1, 0.15) is 9.84 Å². The first-order valence-electron chi connectivity index (χ1n) is 5.49. The summed E-state index contributed by atoms with van der Waals surface area (Å²) in [6, 6.07) is -0.124. The smallest absolute Gasteiger partial charge is 0.255 e. The highest BCUT2D eigenvalue weighted by Gasteiger charge is 2.32. The van der Waals surface area contributed by atoms with Crippen molar-refractivity contribution in [3.05, 3.63) is 0 Å². The zero-order valence-electron chi connectivity index (χ0n) is 9.67. The van der Waals surface area contributed by atoms with Gasteiger partial charge in [0.15, 0.2) is 0 Å². The number of alkyl halides is 2. The summed E-state index contributed by atoms with van der Waals surface area (Å²) in [6.45, 7) is 2.88. The highest BCUT2D eigenvalue weighted by molar-refractivity contribution is 7.91. The molecule has 1 rings (SSSR count). The van der Waals surface area contributed by atoms with Crippen molar-refractivity contribution in [2.45, 2.75) is 51.1 Å². The van der Waals surface area contributed by atoms with Crippen molar-refractivity contribution in [3.8, 4) is 0 Å². The Morgan fingerprint density at radius 3 is 2.44 bits per heavy atom. The monoisotopic (exact) mass is 255 g/mol. The average Bonchev–Trinajstić information content (AvgIpc) is 2.27. The molecule has 0 amide bonds. The predicted molar refractivity (Wildman–Crippen MR) is 59.5 cm³/mol. The molecule has 0 saturated carbocycles. The van der Waals surface area contributed by atoms with E-state index in [2.05, 4.69) is 5.32 Å². The van der Waals surface area contributed by atoms with Gasteiger partial charge in [-0.2, -0.15) is 0 Å². The van der Waals surface area contributed by atoms with Crippen molar-refractivity contribution >= 4 is 9.84 Å². The minimum Gasteiger partial charge on any atom is -0.304 e. The molecule has 1 saturated heterocycles. The van der Waals surface area contributed by atoms with Crippen LogP contribution in [0.4, 0.5) is 8.78 Å². The summed E-state index contributed by atoms with van der Waals surface area (Å²) in [6.07, 6.45) is -0.819. The second-order valence-corrected chi connectivity index (χ2v) is 7.25. The molecule has 16 heavy (non-hydrogen) atoms. The van der Waals surface area contributed by atoms with Crippen LogP contribution >= 0.6 is 0 Å². The Kier molecular flexibility index (Phi) is 4.29. The normalized spacial score (nSPS) is 26.7. The summed E-state index contributed by atoms with van der Waals surface area (Å²) in [5, 5.41) is 2.86. The number of hydrogen-bond acceptors (Lipinski definition) is 3. The first kappa shape index (κ1) is 13.8. The Morgan fingerprint density at radius 1 is 1.25 bits per heavy atom. The lowest BCUT2D eigenvalue weighted by Gasteiger charge is -2.30. The second-order valence-electron chi connectivity index (χ2n) is 4.95. The second kappa shape index (κ2) is 4.96. The molecule has 1 fully saturated rings. The van der Waals surface area contributed by atoms with Crippen molar-refractivity contribution in [1.82, 2.24) is 5.32 Å². The van der Waals surface area contributed by atoms with E-state index < -0.39 is 21.8 Å². The maximum Gasteiger partial charge on any atom is 0.255 e. The zero-order valence-corrected chi connectivity index (χ0v) is 10.5. The molecule has 1 aliphatic heterocycles. The number of rotatable bonds is 3. The molecule has 1 N–H and O–H groups in total. The van der Waals surface area contributed by atoms with E-state index in [0.29, 0.717) is 19.3 Å². The molecule has 0 bridgehead atoms. The molecule has 0 spiro atoms. The Bertz CT molecular complexity index is 328. The van der Waals surface area contributed by atoms with Crippen molar-refractivity contribution in [2.75, 3.05) is 11.5 Å². The molecule has 0 aliphatic carbocycles. The topological polar surface area (TPSA) is 46.2 Å². The van der Waals surface area contributed by atoms with Gasteiger partial charge in [-0.25, -0.2) is 17.2 Å². The lowest BCUT2D eigenvalue weighted by molar-refractivity contribution is 0.0428. The van der Waals surface area contributed by atoms with Gasteiger partial charge < -0.3 is 5.32 Å². The third-order valence-electron chi connectivity index (χ3n) is 2.91.